The Labute approximate surface area is 216 Å². The SMILES string of the molecule is CC[C@H](C)[C@H](N)C(C(=O)Cc1cnc[nH]1)N1Cc2ccccc2C[C@H]1C(=O)NC(CCSC)C(=O)O. The van der Waals surface area contributed by atoms with Gasteiger partial charge in [0.05, 0.1) is 18.4 Å². The number of ketones is 1. The van der Waals surface area contributed by atoms with E-state index in [1.807, 2.05) is 49.3 Å². The maximum Gasteiger partial charge on any atom is 0.326 e. The van der Waals surface area contributed by atoms with Gasteiger partial charge in [-0.05, 0) is 41.9 Å². The quantitative estimate of drug-likeness (QED) is 0.317. The van der Waals surface area contributed by atoms with E-state index in [0.717, 1.165) is 17.5 Å². The van der Waals surface area contributed by atoms with E-state index >= 15 is 0 Å². The third-order valence-corrected chi connectivity index (χ3v) is 7.73. The van der Waals surface area contributed by atoms with Crippen LogP contribution >= 0.6 is 11.8 Å². The van der Waals surface area contributed by atoms with Gasteiger partial charge in [0.2, 0.25) is 5.91 Å². The number of H-pyrrole nitrogens is 1. The lowest BCUT2D eigenvalue weighted by atomic mass is 9.84. The zero-order valence-electron chi connectivity index (χ0n) is 21.1. The Balaban J connectivity index is 1.97. The van der Waals surface area contributed by atoms with Gasteiger partial charge in [-0.25, -0.2) is 9.78 Å². The van der Waals surface area contributed by atoms with Crippen LogP contribution in [-0.4, -0.2) is 73.8 Å². The van der Waals surface area contributed by atoms with E-state index in [4.69, 9.17) is 5.73 Å². The smallest absolute Gasteiger partial charge is 0.326 e. The maximum absolute atomic E-state index is 13.7. The van der Waals surface area contributed by atoms with Crippen molar-refractivity contribution in [3.8, 4) is 0 Å². The molecule has 0 aliphatic carbocycles. The number of nitrogens with zero attached hydrogens (tertiary/aromatic N) is 2. The molecule has 0 bridgehead atoms. The lowest BCUT2D eigenvalue weighted by molar-refractivity contribution is -0.144. The van der Waals surface area contributed by atoms with Crippen LogP contribution in [-0.2, 0) is 33.8 Å². The highest BCUT2D eigenvalue weighted by Gasteiger charge is 2.43. The standard InChI is InChI=1S/C26H37N5O4S/c1-4-16(2)23(27)24(22(32)12-19-13-28-15-29-19)31-14-18-8-6-5-7-17(18)11-21(31)25(33)30-20(26(34)35)9-10-36-3/h5-8,13,15-16,20-21,23-24H,4,9-12,14,27H2,1-3H3,(H,28,29)(H,30,33)(H,34,35)/t16-,20?,21-,23-,24?/m0/s1. The summed E-state index contributed by atoms with van der Waals surface area (Å²) in [6, 6.07) is 4.91. The Hall–Kier alpha value is -2.69. The maximum atomic E-state index is 13.7. The number of aromatic nitrogens is 2. The number of nitrogens with two attached hydrogens (primary N) is 1. The summed E-state index contributed by atoms with van der Waals surface area (Å²) in [4.78, 5) is 48.1. The molecule has 9 nitrogen and oxygen atoms in total. The molecule has 2 aromatic rings. The molecule has 1 aliphatic heterocycles. The molecule has 36 heavy (non-hydrogen) atoms. The molecule has 3 rings (SSSR count). The summed E-state index contributed by atoms with van der Waals surface area (Å²) in [7, 11) is 0. The van der Waals surface area contributed by atoms with Crippen molar-refractivity contribution in [2.24, 2.45) is 11.7 Å². The molecule has 10 heteroatoms. The molecule has 2 heterocycles. The van der Waals surface area contributed by atoms with Crippen molar-refractivity contribution < 1.29 is 19.5 Å². The minimum Gasteiger partial charge on any atom is -0.480 e. The Morgan fingerprint density at radius 1 is 1.31 bits per heavy atom. The fourth-order valence-electron chi connectivity index (χ4n) is 4.72. The summed E-state index contributed by atoms with van der Waals surface area (Å²) in [5.41, 5.74) is 9.45. The number of fused-ring (bicyclic) bond motifs is 1. The molecule has 0 saturated heterocycles. The van der Waals surface area contributed by atoms with Gasteiger partial charge in [-0.2, -0.15) is 11.8 Å². The number of nitrogens with one attached hydrogen (secondary N) is 2. The predicted octanol–water partition coefficient (Wildman–Crippen LogP) is 2.01. The fourth-order valence-corrected chi connectivity index (χ4v) is 5.19. The Morgan fingerprint density at radius 2 is 2.03 bits per heavy atom. The van der Waals surface area contributed by atoms with E-state index in [9.17, 15) is 19.5 Å². The van der Waals surface area contributed by atoms with Crippen LogP contribution in [0.5, 0.6) is 0 Å². The van der Waals surface area contributed by atoms with Crippen molar-refractivity contribution in [1.82, 2.24) is 20.2 Å². The summed E-state index contributed by atoms with van der Waals surface area (Å²) in [6.07, 6.45) is 6.63. The molecule has 0 radical (unpaired) electrons. The highest BCUT2D eigenvalue weighted by atomic mass is 32.2. The molecule has 1 aromatic carbocycles. The summed E-state index contributed by atoms with van der Waals surface area (Å²) in [5, 5.41) is 12.4. The molecule has 0 spiro atoms. The summed E-state index contributed by atoms with van der Waals surface area (Å²) in [6.45, 7) is 4.41. The third kappa shape index (κ3) is 6.74. The molecular weight excluding hydrogens is 478 g/mol. The lowest BCUT2D eigenvalue weighted by Gasteiger charge is -2.44. The lowest BCUT2D eigenvalue weighted by Crippen LogP contribution is -2.63. The third-order valence-electron chi connectivity index (χ3n) is 7.09. The molecule has 0 saturated carbocycles. The average molecular weight is 516 g/mol. The number of thioether (sulfide) groups is 1. The van der Waals surface area contributed by atoms with Crippen molar-refractivity contribution >= 4 is 29.4 Å². The van der Waals surface area contributed by atoms with Crippen LogP contribution in [0.4, 0.5) is 0 Å². The van der Waals surface area contributed by atoms with Gasteiger partial charge in [0, 0.05) is 30.9 Å². The second kappa shape index (κ2) is 13.0. The van der Waals surface area contributed by atoms with Gasteiger partial charge in [0.15, 0.2) is 5.78 Å². The summed E-state index contributed by atoms with van der Waals surface area (Å²) >= 11 is 1.53. The van der Waals surface area contributed by atoms with E-state index < -0.39 is 36.0 Å². The Bertz CT molecular complexity index is 1030. The number of aromatic amines is 1. The van der Waals surface area contributed by atoms with Gasteiger partial charge in [-0.3, -0.25) is 14.5 Å². The minimum atomic E-state index is -1.07. The zero-order chi connectivity index (χ0) is 26.2. The Morgan fingerprint density at radius 3 is 2.64 bits per heavy atom. The van der Waals surface area contributed by atoms with Gasteiger partial charge in [0.25, 0.3) is 0 Å². The van der Waals surface area contributed by atoms with Gasteiger partial charge < -0.3 is 21.1 Å². The summed E-state index contributed by atoms with van der Waals surface area (Å²) < 4.78 is 0. The van der Waals surface area contributed by atoms with E-state index in [0.29, 0.717) is 30.8 Å². The molecule has 5 N–H and O–H groups in total. The highest BCUT2D eigenvalue weighted by Crippen LogP contribution is 2.29. The number of carbonyl (C=O) groups is 3. The second-order valence-corrected chi connectivity index (χ2v) is 10.5. The second-order valence-electron chi connectivity index (χ2n) is 9.47. The van der Waals surface area contributed by atoms with E-state index in [1.54, 1.807) is 6.20 Å². The summed E-state index contributed by atoms with van der Waals surface area (Å²) in [5.74, 6) is -0.910. The van der Waals surface area contributed by atoms with Crippen LogP contribution in [0.25, 0.3) is 0 Å². The zero-order valence-corrected chi connectivity index (χ0v) is 22.0. The van der Waals surface area contributed by atoms with Crippen LogP contribution in [0.1, 0.15) is 43.5 Å². The molecule has 2 unspecified atom stereocenters. The van der Waals surface area contributed by atoms with Crippen molar-refractivity contribution in [3.63, 3.8) is 0 Å². The number of hydrogen-bond acceptors (Lipinski definition) is 7. The average Bonchev–Trinajstić information content (AvgIpc) is 3.38. The van der Waals surface area contributed by atoms with E-state index in [2.05, 4.69) is 15.3 Å². The van der Waals surface area contributed by atoms with Gasteiger partial charge in [-0.15, -0.1) is 0 Å². The molecule has 5 atom stereocenters. The molecule has 1 aliphatic rings. The van der Waals surface area contributed by atoms with Crippen LogP contribution in [0, 0.1) is 5.92 Å². The van der Waals surface area contributed by atoms with Crippen molar-refractivity contribution in [2.45, 2.75) is 70.2 Å². The number of carboxylic acid groups (broad SMARTS) is 1. The number of rotatable bonds is 13. The topological polar surface area (TPSA) is 141 Å². The van der Waals surface area contributed by atoms with Gasteiger partial charge >= 0.3 is 5.97 Å². The van der Waals surface area contributed by atoms with Gasteiger partial charge in [-0.1, -0.05) is 44.5 Å². The number of imidazole rings is 1. The monoisotopic (exact) mass is 515 g/mol. The molecule has 1 amide bonds. The normalized spacial score (nSPS) is 19.1. The first-order chi connectivity index (χ1) is 17.3. The Kier molecular flexibility index (Phi) is 10.1. The van der Waals surface area contributed by atoms with E-state index in [-0.39, 0.29) is 18.1 Å². The van der Waals surface area contributed by atoms with Crippen LogP contribution in [0.2, 0.25) is 0 Å². The molecular formula is C26H37N5O4S. The van der Waals surface area contributed by atoms with Crippen molar-refractivity contribution in [1.29, 1.82) is 0 Å². The molecule has 0 fully saturated rings. The van der Waals surface area contributed by atoms with Crippen molar-refractivity contribution in [3.05, 3.63) is 53.6 Å². The number of amides is 1. The van der Waals surface area contributed by atoms with Crippen molar-refractivity contribution in [2.75, 3.05) is 12.0 Å². The van der Waals surface area contributed by atoms with Crippen LogP contribution in [0.15, 0.2) is 36.8 Å². The number of hydrogen-bond donors (Lipinski definition) is 4. The highest BCUT2D eigenvalue weighted by molar-refractivity contribution is 7.98. The number of benzene rings is 1. The minimum absolute atomic E-state index is 0.0370. The number of carboxylic acids is 1. The fraction of sp³-hybridized carbons (Fsp3) is 0.538. The first-order valence-corrected chi connectivity index (χ1v) is 13.8. The van der Waals surface area contributed by atoms with Crippen LogP contribution in [0.3, 0.4) is 0 Å². The van der Waals surface area contributed by atoms with Gasteiger partial charge in [0.1, 0.15) is 6.04 Å². The number of carbonyl (C=O) groups excluding carboxylic acids is 2. The molecule has 1 aromatic heterocycles. The number of Topliss-reactive ketones (excluding diaryl/α,β-unsaturated/α-hetero) is 1. The van der Waals surface area contributed by atoms with E-state index in [1.165, 1.54) is 18.1 Å². The first-order valence-electron chi connectivity index (χ1n) is 12.4. The number of aliphatic carboxylic acids is 1. The van der Waals surface area contributed by atoms with Crippen LogP contribution < -0.4 is 11.1 Å². The first kappa shape index (κ1) is 27.9. The predicted molar refractivity (Wildman–Crippen MR) is 141 cm³/mol. The molecule has 196 valence electrons. The largest absolute Gasteiger partial charge is 0.480 e.